The Balaban J connectivity index is 0.000000276. The van der Waals surface area contributed by atoms with Gasteiger partial charge in [-0.25, -0.2) is 14.8 Å². The summed E-state index contributed by atoms with van der Waals surface area (Å²) < 4.78 is 11.3. The van der Waals surface area contributed by atoms with E-state index in [-0.39, 0.29) is 18.1 Å². The van der Waals surface area contributed by atoms with Crippen molar-refractivity contribution < 1.29 is 50.0 Å². The van der Waals surface area contributed by atoms with Crippen LogP contribution in [-0.2, 0) is 4.79 Å². The molecule has 4 rings (SSSR count). The van der Waals surface area contributed by atoms with Crippen LogP contribution in [0.3, 0.4) is 0 Å². The van der Waals surface area contributed by atoms with E-state index in [0.717, 1.165) is 47.4 Å². The predicted octanol–water partition coefficient (Wildman–Crippen LogP) is -0.761. The third-order valence-corrected chi connectivity index (χ3v) is 6.71. The van der Waals surface area contributed by atoms with Crippen LogP contribution in [0.5, 0.6) is 11.5 Å². The van der Waals surface area contributed by atoms with Crippen LogP contribution in [0, 0.1) is 0 Å². The average molecular weight is 550 g/mol. The van der Waals surface area contributed by atoms with Crippen LogP contribution in [0.1, 0.15) is 48.8 Å². The minimum absolute atomic E-state index is 0.156. The van der Waals surface area contributed by atoms with Crippen molar-refractivity contribution in [2.24, 2.45) is 4.99 Å². The number of methoxy groups -OCH3 is 1. The lowest BCUT2D eigenvalue weighted by Crippen LogP contribution is -2.48. The molecule has 2 aliphatic rings. The number of carboxylic acid groups (broad SMARTS) is 1. The fraction of sp³-hybridized carbons (Fsp3) is 0.538. The van der Waals surface area contributed by atoms with E-state index in [4.69, 9.17) is 45.1 Å². The van der Waals surface area contributed by atoms with Crippen molar-refractivity contribution in [2.75, 3.05) is 20.3 Å². The highest BCUT2D eigenvalue weighted by Gasteiger charge is 2.37. The fourth-order valence-electron chi connectivity index (χ4n) is 4.69. The lowest BCUT2D eigenvalue weighted by atomic mass is 9.74. The standard InChI is InChI=1S/C20H23N3O3.C6H12O7/c1-3-26-19-7-14-15-6-13(24)4-5-17(15)23-20(12-9-21-11-22-10-12)16(14)8-18(19)25-2;7-1-2(8)3(9)4(10)5(11)6(12)13/h7-11,13,15,17,24H,3-6H2,1-2H3;2-5,7-11H,1H2,(H,12,13)/t13-,15-,17-;2-,3-,4+,5-/m11/s1. The Kier molecular flexibility index (Phi) is 10.7. The van der Waals surface area contributed by atoms with Crippen LogP contribution in [0.15, 0.2) is 35.8 Å². The van der Waals surface area contributed by atoms with E-state index < -0.39 is 37.0 Å². The fourth-order valence-corrected chi connectivity index (χ4v) is 4.69. The first-order valence-electron chi connectivity index (χ1n) is 12.5. The van der Waals surface area contributed by atoms with Crippen molar-refractivity contribution >= 4 is 11.7 Å². The third-order valence-electron chi connectivity index (χ3n) is 6.71. The van der Waals surface area contributed by atoms with E-state index >= 15 is 0 Å². The highest BCUT2D eigenvalue weighted by atomic mass is 16.5. The highest BCUT2D eigenvalue weighted by molar-refractivity contribution is 6.14. The van der Waals surface area contributed by atoms with Crippen LogP contribution in [-0.4, -0.2) is 114 Å². The van der Waals surface area contributed by atoms with Crippen molar-refractivity contribution in [1.82, 2.24) is 9.97 Å². The van der Waals surface area contributed by atoms with E-state index in [2.05, 4.69) is 16.0 Å². The summed E-state index contributed by atoms with van der Waals surface area (Å²) in [5.74, 6) is -0.119. The van der Waals surface area contributed by atoms with Gasteiger partial charge in [0.1, 0.15) is 24.6 Å². The maximum Gasteiger partial charge on any atom is 0.335 e. The van der Waals surface area contributed by atoms with Gasteiger partial charge in [-0.3, -0.25) is 4.99 Å². The van der Waals surface area contributed by atoms with Gasteiger partial charge in [0.2, 0.25) is 0 Å². The number of aliphatic carboxylic acids is 1. The molecule has 7 N–H and O–H groups in total. The molecular formula is C26H35N3O10. The quantitative estimate of drug-likeness (QED) is 0.205. The van der Waals surface area contributed by atoms with E-state index in [0.29, 0.717) is 12.4 Å². The van der Waals surface area contributed by atoms with Gasteiger partial charge in [0.15, 0.2) is 17.6 Å². The zero-order chi connectivity index (χ0) is 28.7. The number of aliphatic hydroxyl groups is 6. The molecule has 0 radical (unpaired) electrons. The van der Waals surface area contributed by atoms with Gasteiger partial charge in [-0.05, 0) is 43.9 Å². The van der Waals surface area contributed by atoms with Crippen LogP contribution in [0.2, 0.25) is 0 Å². The van der Waals surface area contributed by atoms with Crippen molar-refractivity contribution in [3.05, 3.63) is 47.5 Å². The van der Waals surface area contributed by atoms with Crippen molar-refractivity contribution in [1.29, 1.82) is 0 Å². The largest absolute Gasteiger partial charge is 0.493 e. The molecule has 7 atom stereocenters. The molecule has 1 aliphatic heterocycles. The monoisotopic (exact) mass is 549 g/mol. The molecule has 1 aromatic carbocycles. The SMILES string of the molecule is CCOc1cc2c(cc1OC)C(c1cncnc1)=N[C@@H]1CC[C@@H](O)C[C@H]21.O=C(O)[C@H](O)[C@@H](O)[C@H](O)[C@H](O)CO. The van der Waals surface area contributed by atoms with Gasteiger partial charge < -0.3 is 45.2 Å². The summed E-state index contributed by atoms with van der Waals surface area (Å²) in [6, 6.07) is 4.21. The van der Waals surface area contributed by atoms with Crippen LogP contribution < -0.4 is 9.47 Å². The van der Waals surface area contributed by atoms with Gasteiger partial charge >= 0.3 is 5.97 Å². The number of fused-ring (bicyclic) bond motifs is 3. The van der Waals surface area contributed by atoms with E-state index in [9.17, 15) is 9.90 Å². The van der Waals surface area contributed by atoms with Gasteiger partial charge in [-0.2, -0.15) is 0 Å². The molecule has 13 nitrogen and oxygen atoms in total. The molecule has 2 heterocycles. The number of carbonyl (C=O) groups is 1. The molecule has 2 aromatic rings. The number of benzene rings is 1. The smallest absolute Gasteiger partial charge is 0.335 e. The molecule has 1 fully saturated rings. The number of aromatic nitrogens is 2. The van der Waals surface area contributed by atoms with Crippen LogP contribution in [0.4, 0.5) is 0 Å². The minimum Gasteiger partial charge on any atom is -0.493 e. The van der Waals surface area contributed by atoms with E-state index in [1.54, 1.807) is 19.5 Å². The highest BCUT2D eigenvalue weighted by Crippen LogP contribution is 2.44. The number of nitrogens with zero attached hydrogens (tertiary/aromatic N) is 3. The number of hydrogen-bond donors (Lipinski definition) is 7. The molecule has 0 unspecified atom stereocenters. The van der Waals surface area contributed by atoms with Gasteiger partial charge in [-0.15, -0.1) is 0 Å². The predicted molar refractivity (Wildman–Crippen MR) is 137 cm³/mol. The average Bonchev–Trinajstić information content (AvgIpc) is 2.95. The second kappa shape index (κ2) is 13.7. The summed E-state index contributed by atoms with van der Waals surface area (Å²) in [6.45, 7) is 1.68. The maximum absolute atomic E-state index is 10.2. The zero-order valence-electron chi connectivity index (χ0n) is 21.7. The number of rotatable bonds is 9. The Morgan fingerprint density at radius 3 is 2.36 bits per heavy atom. The lowest BCUT2D eigenvalue weighted by molar-refractivity contribution is -0.164. The van der Waals surface area contributed by atoms with Crippen molar-refractivity contribution in [3.8, 4) is 11.5 Å². The number of carboxylic acids is 1. The van der Waals surface area contributed by atoms with Gasteiger partial charge in [0, 0.05) is 29.4 Å². The maximum atomic E-state index is 10.2. The molecule has 0 bridgehead atoms. The second-order valence-electron chi connectivity index (χ2n) is 9.28. The molecule has 214 valence electrons. The molecule has 1 aromatic heterocycles. The molecule has 13 heteroatoms. The zero-order valence-corrected chi connectivity index (χ0v) is 21.7. The first-order chi connectivity index (χ1) is 18.6. The number of ether oxygens (including phenoxy) is 2. The first-order valence-corrected chi connectivity index (χ1v) is 12.5. The Hall–Kier alpha value is -3.20. The number of hydrogen-bond acceptors (Lipinski definition) is 12. The topological polar surface area (TPSA) is 215 Å². The Morgan fingerprint density at radius 2 is 1.77 bits per heavy atom. The molecule has 0 saturated heterocycles. The minimum atomic E-state index is -2.20. The van der Waals surface area contributed by atoms with Gasteiger partial charge in [0.25, 0.3) is 0 Å². The molecular weight excluding hydrogens is 514 g/mol. The van der Waals surface area contributed by atoms with Crippen molar-refractivity contribution in [2.45, 2.75) is 68.7 Å². The third kappa shape index (κ3) is 7.06. The summed E-state index contributed by atoms with van der Waals surface area (Å²) >= 11 is 0. The Bertz CT molecular complexity index is 1130. The van der Waals surface area contributed by atoms with E-state index in [1.807, 2.05) is 13.0 Å². The second-order valence-corrected chi connectivity index (χ2v) is 9.28. The number of aliphatic imine (C=N–C) groups is 1. The summed E-state index contributed by atoms with van der Waals surface area (Å²) in [6.07, 6.45) is -0.641. The molecule has 0 amide bonds. The molecule has 1 aliphatic carbocycles. The normalized spacial score (nSPS) is 23.0. The summed E-state index contributed by atoms with van der Waals surface area (Å²) in [7, 11) is 1.64. The lowest BCUT2D eigenvalue weighted by Gasteiger charge is -2.37. The molecule has 39 heavy (non-hydrogen) atoms. The molecule has 0 spiro atoms. The Morgan fingerprint density at radius 1 is 1.08 bits per heavy atom. The van der Waals surface area contributed by atoms with Gasteiger partial charge in [0.05, 0.1) is 38.2 Å². The van der Waals surface area contributed by atoms with E-state index in [1.165, 1.54) is 6.33 Å². The number of aliphatic hydroxyl groups excluding tert-OH is 6. The van der Waals surface area contributed by atoms with Crippen LogP contribution >= 0.6 is 0 Å². The Labute approximate surface area is 225 Å². The van der Waals surface area contributed by atoms with Crippen LogP contribution in [0.25, 0.3) is 0 Å². The molecule has 1 saturated carbocycles. The summed E-state index contributed by atoms with van der Waals surface area (Å²) in [4.78, 5) is 23.4. The first kappa shape index (κ1) is 30.3. The van der Waals surface area contributed by atoms with Crippen molar-refractivity contribution in [3.63, 3.8) is 0 Å². The summed E-state index contributed by atoms with van der Waals surface area (Å²) in [5.41, 5.74) is 3.95. The summed E-state index contributed by atoms with van der Waals surface area (Å²) in [5, 5.41) is 62.0. The van der Waals surface area contributed by atoms with Gasteiger partial charge in [-0.1, -0.05) is 0 Å².